The molecule has 0 atom stereocenters. The van der Waals surface area contributed by atoms with Crippen LogP contribution in [0.15, 0.2) is 28.6 Å². The maximum atomic E-state index is 11.4. The van der Waals surface area contributed by atoms with E-state index in [1.165, 1.54) is 4.70 Å². The Kier molecular flexibility index (Phi) is 4.57. The second-order valence-electron chi connectivity index (χ2n) is 3.98. The number of thiazole rings is 1. The van der Waals surface area contributed by atoms with Crippen LogP contribution >= 0.6 is 23.1 Å². The zero-order valence-electron chi connectivity index (χ0n) is 10.3. The van der Waals surface area contributed by atoms with Crippen LogP contribution in [-0.4, -0.2) is 35.7 Å². The van der Waals surface area contributed by atoms with E-state index in [-0.39, 0.29) is 5.91 Å². The lowest BCUT2D eigenvalue weighted by Crippen LogP contribution is -2.36. The first-order chi connectivity index (χ1) is 8.65. The molecule has 2 rings (SSSR count). The van der Waals surface area contributed by atoms with E-state index in [2.05, 4.69) is 16.5 Å². The second kappa shape index (κ2) is 6.17. The Hall–Kier alpha value is -1.11. The van der Waals surface area contributed by atoms with Gasteiger partial charge in [0.15, 0.2) is 4.34 Å². The number of hydrogen-bond donors (Lipinski definition) is 1. The third-order valence-electron chi connectivity index (χ3n) is 2.18. The number of aromatic nitrogens is 1. The summed E-state index contributed by atoms with van der Waals surface area (Å²) >= 11 is 3.30. The molecule has 1 N–H and O–H groups in total. The zero-order valence-corrected chi connectivity index (χ0v) is 12.0. The lowest BCUT2D eigenvalue weighted by atomic mass is 10.3. The van der Waals surface area contributed by atoms with Crippen LogP contribution in [0.4, 0.5) is 0 Å². The number of fused-ring (bicyclic) bond motifs is 1. The monoisotopic (exact) mass is 281 g/mol. The van der Waals surface area contributed by atoms with Gasteiger partial charge in [-0.3, -0.25) is 10.2 Å². The molecule has 0 unspecified atom stereocenters. The fourth-order valence-corrected chi connectivity index (χ4v) is 3.53. The number of carbonyl (C=O) groups is 1. The summed E-state index contributed by atoms with van der Waals surface area (Å²) in [5.74, 6) is 0.785. The normalized spacial score (nSPS) is 11.1. The predicted molar refractivity (Wildman–Crippen MR) is 76.8 cm³/mol. The van der Waals surface area contributed by atoms with Gasteiger partial charge >= 0.3 is 0 Å². The molecular weight excluding hydrogens is 266 g/mol. The van der Waals surface area contributed by atoms with Gasteiger partial charge in [0.25, 0.3) is 0 Å². The highest BCUT2D eigenvalue weighted by Crippen LogP contribution is 2.29. The number of nitrogens with one attached hydrogen (secondary N) is 1. The highest BCUT2D eigenvalue weighted by molar-refractivity contribution is 8.01. The average Bonchev–Trinajstić information content (AvgIpc) is 2.70. The molecule has 1 amide bonds. The molecule has 1 aromatic heterocycles. The number of rotatable bonds is 5. The van der Waals surface area contributed by atoms with Crippen LogP contribution in [0.5, 0.6) is 0 Å². The molecule has 4 nitrogen and oxygen atoms in total. The maximum Gasteiger partial charge on any atom is 0.235 e. The quantitative estimate of drug-likeness (QED) is 0.675. The summed E-state index contributed by atoms with van der Waals surface area (Å²) in [6.07, 6.45) is 0.499. The number of benzene rings is 1. The number of thioether (sulfide) groups is 1. The maximum absolute atomic E-state index is 11.4. The molecule has 0 aliphatic rings. The van der Waals surface area contributed by atoms with Crippen molar-refractivity contribution in [1.29, 1.82) is 0 Å². The zero-order chi connectivity index (χ0) is 13.0. The lowest BCUT2D eigenvalue weighted by molar-refractivity contribution is -0.124. The average molecular weight is 281 g/mol. The molecule has 0 bridgehead atoms. The molecule has 0 saturated heterocycles. The number of amides is 1. The largest absolute Gasteiger partial charge is 0.289 e. The number of para-hydroxylation sites is 1. The summed E-state index contributed by atoms with van der Waals surface area (Å²) in [7, 11) is 3.61. The van der Waals surface area contributed by atoms with E-state index in [0.717, 1.165) is 15.6 Å². The SMILES string of the molecule is CN(C)NC(=O)CCSc1nc2ccccc2s1. The van der Waals surface area contributed by atoms with Gasteiger partial charge < -0.3 is 0 Å². The van der Waals surface area contributed by atoms with Crippen molar-refractivity contribution in [3.63, 3.8) is 0 Å². The highest BCUT2D eigenvalue weighted by Gasteiger charge is 2.06. The Labute approximate surface area is 114 Å². The Morgan fingerprint density at radius 2 is 2.22 bits per heavy atom. The van der Waals surface area contributed by atoms with Crippen LogP contribution in [0.1, 0.15) is 6.42 Å². The molecule has 18 heavy (non-hydrogen) atoms. The lowest BCUT2D eigenvalue weighted by Gasteiger charge is -2.10. The van der Waals surface area contributed by atoms with E-state index in [1.54, 1.807) is 42.2 Å². The Balaban J connectivity index is 1.85. The van der Waals surface area contributed by atoms with Gasteiger partial charge in [0.05, 0.1) is 10.2 Å². The van der Waals surface area contributed by atoms with Crippen LogP contribution < -0.4 is 5.43 Å². The van der Waals surface area contributed by atoms with E-state index < -0.39 is 0 Å². The summed E-state index contributed by atoms with van der Waals surface area (Å²) in [5.41, 5.74) is 3.75. The van der Waals surface area contributed by atoms with E-state index in [9.17, 15) is 4.79 Å². The van der Waals surface area contributed by atoms with Gasteiger partial charge in [-0.25, -0.2) is 9.99 Å². The van der Waals surface area contributed by atoms with Crippen LogP contribution in [0.25, 0.3) is 10.2 Å². The minimum Gasteiger partial charge on any atom is -0.289 e. The molecule has 0 fully saturated rings. The van der Waals surface area contributed by atoms with Crippen molar-refractivity contribution in [1.82, 2.24) is 15.4 Å². The van der Waals surface area contributed by atoms with Crippen molar-refractivity contribution < 1.29 is 4.79 Å². The minimum atomic E-state index is 0.0358. The van der Waals surface area contributed by atoms with E-state index in [0.29, 0.717) is 6.42 Å². The van der Waals surface area contributed by atoms with Gasteiger partial charge in [-0.05, 0) is 12.1 Å². The van der Waals surface area contributed by atoms with Crippen molar-refractivity contribution >= 4 is 39.2 Å². The summed E-state index contributed by atoms with van der Waals surface area (Å²) in [4.78, 5) is 15.9. The van der Waals surface area contributed by atoms with Crippen molar-refractivity contribution in [3.8, 4) is 0 Å². The molecule has 6 heteroatoms. The number of nitrogens with zero attached hydrogens (tertiary/aromatic N) is 2. The first kappa shape index (κ1) is 13.3. The molecule has 0 saturated carbocycles. The molecule has 96 valence electrons. The van der Waals surface area contributed by atoms with Crippen molar-refractivity contribution in [2.45, 2.75) is 10.8 Å². The van der Waals surface area contributed by atoms with Gasteiger partial charge in [0.1, 0.15) is 0 Å². The molecule has 0 aliphatic carbocycles. The number of hydrogen-bond acceptors (Lipinski definition) is 5. The predicted octanol–water partition coefficient (Wildman–Crippen LogP) is 2.37. The summed E-state index contributed by atoms with van der Waals surface area (Å²) in [5, 5.41) is 1.66. The standard InChI is InChI=1S/C12H15N3OS2/c1-15(2)14-11(16)7-8-17-12-13-9-5-3-4-6-10(9)18-12/h3-6H,7-8H2,1-2H3,(H,14,16). The Morgan fingerprint density at radius 3 is 2.94 bits per heavy atom. The molecule has 1 heterocycles. The molecule has 0 radical (unpaired) electrons. The van der Waals surface area contributed by atoms with Crippen LogP contribution in [-0.2, 0) is 4.79 Å². The summed E-state index contributed by atoms with van der Waals surface area (Å²) < 4.78 is 2.21. The summed E-state index contributed by atoms with van der Waals surface area (Å²) in [6, 6.07) is 8.07. The third kappa shape index (κ3) is 3.69. The van der Waals surface area contributed by atoms with Gasteiger partial charge in [-0.15, -0.1) is 11.3 Å². The minimum absolute atomic E-state index is 0.0358. The summed E-state index contributed by atoms with van der Waals surface area (Å²) in [6.45, 7) is 0. The van der Waals surface area contributed by atoms with Crippen molar-refractivity contribution in [2.24, 2.45) is 0 Å². The van der Waals surface area contributed by atoms with Crippen LogP contribution in [0, 0.1) is 0 Å². The molecule has 0 spiro atoms. The van der Waals surface area contributed by atoms with Gasteiger partial charge in [-0.2, -0.15) is 0 Å². The first-order valence-corrected chi connectivity index (χ1v) is 7.40. The van der Waals surface area contributed by atoms with E-state index in [1.807, 2.05) is 18.2 Å². The van der Waals surface area contributed by atoms with Crippen LogP contribution in [0.2, 0.25) is 0 Å². The van der Waals surface area contributed by atoms with E-state index >= 15 is 0 Å². The molecule has 0 aliphatic heterocycles. The smallest absolute Gasteiger partial charge is 0.235 e. The van der Waals surface area contributed by atoms with Crippen LogP contribution in [0.3, 0.4) is 0 Å². The fourth-order valence-electron chi connectivity index (χ4n) is 1.45. The second-order valence-corrected chi connectivity index (χ2v) is 6.35. The highest BCUT2D eigenvalue weighted by atomic mass is 32.2. The Bertz CT molecular complexity index is 506. The van der Waals surface area contributed by atoms with Crippen molar-refractivity contribution in [3.05, 3.63) is 24.3 Å². The molecular formula is C12H15N3OS2. The molecule has 1 aromatic carbocycles. The van der Waals surface area contributed by atoms with E-state index in [4.69, 9.17) is 0 Å². The topological polar surface area (TPSA) is 45.2 Å². The first-order valence-electron chi connectivity index (χ1n) is 5.60. The van der Waals surface area contributed by atoms with Crippen molar-refractivity contribution in [2.75, 3.05) is 19.8 Å². The fraction of sp³-hybridized carbons (Fsp3) is 0.333. The third-order valence-corrected chi connectivity index (χ3v) is 4.36. The van der Waals surface area contributed by atoms with Gasteiger partial charge in [0, 0.05) is 26.3 Å². The Morgan fingerprint density at radius 1 is 1.44 bits per heavy atom. The van der Waals surface area contributed by atoms with Gasteiger partial charge in [-0.1, -0.05) is 23.9 Å². The van der Waals surface area contributed by atoms with Gasteiger partial charge in [0.2, 0.25) is 5.91 Å². The molecule has 2 aromatic rings. The number of hydrazine groups is 1. The number of carbonyl (C=O) groups excluding carboxylic acids is 1.